The first-order valence-corrected chi connectivity index (χ1v) is 29.0. The van der Waals surface area contributed by atoms with Gasteiger partial charge >= 0.3 is 0 Å². The Morgan fingerprint density at radius 1 is 0.500 bits per heavy atom. The fourth-order valence-corrected chi connectivity index (χ4v) is 10.2. The number of ether oxygens (including phenoxy) is 2. The smallest absolute Gasteiger partial charge is 0.266 e. The van der Waals surface area contributed by atoms with Gasteiger partial charge in [0.25, 0.3) is 16.7 Å². The molecule has 6 aromatic heterocycles. The first-order chi connectivity index (χ1) is 44.7. The molecule has 0 atom stereocenters. The lowest BCUT2D eigenvalue weighted by atomic mass is 10.1. The molecule has 458 valence electrons. The average Bonchev–Trinajstić information content (AvgIpc) is 0.802. The number of fused-ring (bicyclic) bond motifs is 3. The predicted octanol–water partition coefficient (Wildman–Crippen LogP) is 13.0. The number of hydrogen-bond acceptors (Lipinski definition) is 15. The van der Waals surface area contributed by atoms with Crippen molar-refractivity contribution in [2.24, 2.45) is 0 Å². The van der Waals surface area contributed by atoms with Gasteiger partial charge in [0.2, 0.25) is 0 Å². The maximum atomic E-state index is 14.5. The van der Waals surface area contributed by atoms with Gasteiger partial charge in [-0.2, -0.15) is 5.26 Å². The third-order valence-electron chi connectivity index (χ3n) is 14.9. The van der Waals surface area contributed by atoms with Crippen molar-refractivity contribution in [3.8, 4) is 51.9 Å². The van der Waals surface area contributed by atoms with Crippen molar-refractivity contribution >= 4 is 69.2 Å². The Morgan fingerprint density at radius 2 is 0.913 bits per heavy atom. The average molecular weight is 1230 g/mol. The first-order valence-electron chi connectivity index (χ1n) is 29.0. The number of rotatable bonds is 14. The first kappa shape index (κ1) is 62.8. The second-order valence-electron chi connectivity index (χ2n) is 20.4. The SMILES string of the molecule is CCOc1cccc(/C=C/c2nc3cnccc3c(=O)n2-c2c(F)cccc2F)c1O.CCc1cccc(/C=C/c2nc3cnccc3c(=O)n2-c2cccc(OC)c2C)c1O.CCc1cccc(/C=C/c2nc3cnccc3c(=O)n2-c2ccccc2C#N)c1O. The van der Waals surface area contributed by atoms with E-state index in [0.29, 0.717) is 85.9 Å². The van der Waals surface area contributed by atoms with Gasteiger partial charge in [-0.3, -0.25) is 43.0 Å². The summed E-state index contributed by atoms with van der Waals surface area (Å²) in [6, 6.07) is 38.7. The summed E-state index contributed by atoms with van der Waals surface area (Å²) >= 11 is 0. The Morgan fingerprint density at radius 3 is 1.39 bits per heavy atom. The minimum atomic E-state index is -0.909. The molecule has 12 rings (SSSR count). The Balaban J connectivity index is 0.000000151. The second-order valence-corrected chi connectivity index (χ2v) is 20.4. The third kappa shape index (κ3) is 13.0. The number of para-hydroxylation sites is 5. The van der Waals surface area contributed by atoms with Crippen LogP contribution in [0, 0.1) is 29.9 Å². The van der Waals surface area contributed by atoms with E-state index in [-0.39, 0.29) is 50.8 Å². The van der Waals surface area contributed by atoms with Gasteiger partial charge in [0.05, 0.1) is 82.0 Å². The molecule has 20 heteroatoms. The van der Waals surface area contributed by atoms with Crippen LogP contribution < -0.4 is 26.2 Å². The lowest BCUT2D eigenvalue weighted by molar-refractivity contribution is 0.318. The summed E-state index contributed by atoms with van der Waals surface area (Å²) < 4.78 is 43.7. The minimum Gasteiger partial charge on any atom is -0.507 e. The molecule has 0 saturated carbocycles. The van der Waals surface area contributed by atoms with Crippen LogP contribution in [-0.4, -0.2) is 72.6 Å². The summed E-state index contributed by atoms with van der Waals surface area (Å²) in [7, 11) is 1.60. The standard InChI is InChI=1S/C25H23N3O3.C24H18N4O2.C23H17F2N3O3/c1-4-17-7-5-8-18(24(17)29)11-12-23-27-20-15-26-14-13-19(20)25(30)28(23)21-9-6-10-22(31-3)16(21)2;1-2-16-7-5-8-17(23(16)29)10-11-22-27-20-15-26-13-12-19(20)24(30)28(22)21-9-4-3-6-18(21)14-25;1-2-31-19-8-3-5-14(22(19)29)9-10-20-27-18-13-26-12-11-15(18)23(30)28(20)21-16(24)6-4-7-17(21)25/h5-15,29H,4H2,1-3H3;3-13,15,29H,2H2,1H3;3-13,29H,2H2,1H3/b12-11+;11-10+;10-9+. The maximum Gasteiger partial charge on any atom is 0.266 e. The lowest BCUT2D eigenvalue weighted by Crippen LogP contribution is -2.24. The molecule has 0 aliphatic rings. The Labute approximate surface area is 525 Å². The fraction of sp³-hybridized carbons (Fsp3) is 0.111. The van der Waals surface area contributed by atoms with Crippen molar-refractivity contribution in [3.05, 3.63) is 270 Å². The molecule has 92 heavy (non-hydrogen) atoms. The molecule has 6 aromatic carbocycles. The molecule has 0 spiro atoms. The zero-order valence-electron chi connectivity index (χ0n) is 50.4. The van der Waals surface area contributed by atoms with E-state index >= 15 is 0 Å². The largest absolute Gasteiger partial charge is 0.507 e. The van der Waals surface area contributed by atoms with Crippen molar-refractivity contribution in [2.75, 3.05) is 13.7 Å². The normalized spacial score (nSPS) is 11.2. The highest BCUT2D eigenvalue weighted by Crippen LogP contribution is 2.33. The Bertz CT molecular complexity index is 5090. The number of nitrogens with zero attached hydrogens (tertiary/aromatic N) is 10. The minimum absolute atomic E-state index is 0.0317. The van der Waals surface area contributed by atoms with Crippen LogP contribution in [0.3, 0.4) is 0 Å². The molecule has 0 fully saturated rings. The molecule has 0 bridgehead atoms. The van der Waals surface area contributed by atoms with Crippen molar-refractivity contribution in [1.29, 1.82) is 5.26 Å². The van der Waals surface area contributed by atoms with Crippen LogP contribution in [0.4, 0.5) is 8.78 Å². The van der Waals surface area contributed by atoms with Gasteiger partial charge in [0.15, 0.2) is 11.5 Å². The number of aromatic hydroxyl groups is 3. The van der Waals surface area contributed by atoms with Crippen LogP contribution >= 0.6 is 0 Å². The molecule has 0 unspecified atom stereocenters. The van der Waals surface area contributed by atoms with Crippen LogP contribution in [0.5, 0.6) is 28.7 Å². The molecule has 3 N–H and O–H groups in total. The van der Waals surface area contributed by atoms with E-state index in [1.807, 2.05) is 69.3 Å². The zero-order valence-corrected chi connectivity index (χ0v) is 50.4. The molecule has 18 nitrogen and oxygen atoms in total. The van der Waals surface area contributed by atoms with E-state index in [0.717, 1.165) is 39.8 Å². The quantitative estimate of drug-likeness (QED) is 0.0916. The molecular weight excluding hydrogens is 1170 g/mol. The highest BCUT2D eigenvalue weighted by molar-refractivity contribution is 5.83. The van der Waals surface area contributed by atoms with Crippen LogP contribution in [-0.2, 0) is 12.8 Å². The lowest BCUT2D eigenvalue weighted by Gasteiger charge is -2.15. The third-order valence-corrected chi connectivity index (χ3v) is 14.9. The summed E-state index contributed by atoms with van der Waals surface area (Å²) in [5.41, 5.74) is 5.23. The second kappa shape index (κ2) is 28.3. The Hall–Kier alpha value is -12.2. The van der Waals surface area contributed by atoms with Gasteiger partial charge in [-0.1, -0.05) is 86.6 Å². The fourth-order valence-electron chi connectivity index (χ4n) is 10.2. The monoisotopic (exact) mass is 1230 g/mol. The number of hydrogen-bond donors (Lipinski definition) is 3. The number of nitriles is 1. The van der Waals surface area contributed by atoms with Crippen LogP contribution in [0.15, 0.2) is 185 Å². The highest BCUT2D eigenvalue weighted by Gasteiger charge is 2.21. The number of benzene rings is 6. The molecule has 0 aliphatic carbocycles. The number of methoxy groups -OCH3 is 1. The van der Waals surface area contributed by atoms with Crippen molar-refractivity contribution in [3.63, 3.8) is 0 Å². The van der Waals surface area contributed by atoms with Crippen LogP contribution in [0.1, 0.15) is 77.2 Å². The summed E-state index contributed by atoms with van der Waals surface area (Å²) in [5.74, 6) is 0.221. The predicted molar refractivity (Wildman–Crippen MR) is 352 cm³/mol. The number of aryl methyl sites for hydroxylation is 2. The number of phenols is 3. The van der Waals surface area contributed by atoms with Crippen LogP contribution in [0.25, 0.3) is 86.2 Å². The van der Waals surface area contributed by atoms with E-state index < -0.39 is 22.9 Å². The van der Waals surface area contributed by atoms with E-state index in [1.54, 1.807) is 116 Å². The highest BCUT2D eigenvalue weighted by atomic mass is 19.1. The molecular formula is C72H58F2N10O8. The summed E-state index contributed by atoms with van der Waals surface area (Å²) in [4.78, 5) is 65.7. The van der Waals surface area contributed by atoms with Gasteiger partial charge < -0.3 is 24.8 Å². The summed E-state index contributed by atoms with van der Waals surface area (Å²) in [5, 5.41) is 42.0. The molecule has 6 heterocycles. The van der Waals surface area contributed by atoms with Gasteiger partial charge in [0.1, 0.15) is 58.1 Å². The van der Waals surface area contributed by atoms with Crippen molar-refractivity contribution in [2.45, 2.75) is 40.5 Å². The molecule has 0 radical (unpaired) electrons. The van der Waals surface area contributed by atoms with Gasteiger partial charge in [-0.05, 0) is 135 Å². The maximum absolute atomic E-state index is 14.5. The summed E-state index contributed by atoms with van der Waals surface area (Å²) in [6.07, 6.45) is 20.2. The molecule has 0 aliphatic heterocycles. The van der Waals surface area contributed by atoms with Gasteiger partial charge in [-0.15, -0.1) is 0 Å². The van der Waals surface area contributed by atoms with E-state index in [1.165, 1.54) is 53.6 Å². The van der Waals surface area contributed by atoms with E-state index in [4.69, 9.17) is 9.47 Å². The van der Waals surface area contributed by atoms with Crippen LogP contribution in [0.2, 0.25) is 0 Å². The molecule has 0 amide bonds. The van der Waals surface area contributed by atoms with Crippen molar-refractivity contribution in [1.82, 2.24) is 43.6 Å². The number of phenolic OH excluding ortho intramolecular Hbond substituents is 3. The van der Waals surface area contributed by atoms with E-state index in [2.05, 4.69) is 36.0 Å². The molecule has 12 aromatic rings. The van der Waals surface area contributed by atoms with Gasteiger partial charge in [0, 0.05) is 40.8 Å². The zero-order chi connectivity index (χ0) is 65.0. The van der Waals surface area contributed by atoms with Crippen molar-refractivity contribution < 1.29 is 33.6 Å². The summed E-state index contributed by atoms with van der Waals surface area (Å²) in [6.45, 7) is 8.02. The van der Waals surface area contributed by atoms with E-state index in [9.17, 15) is 43.7 Å². The number of pyridine rings is 3. The Kier molecular flexibility index (Phi) is 19.3. The molecule has 0 saturated heterocycles. The number of halogens is 2. The van der Waals surface area contributed by atoms with Gasteiger partial charge in [-0.25, -0.2) is 23.7 Å². The topological polar surface area (TPSA) is 246 Å². The number of aromatic nitrogens is 9.